The zero-order chi connectivity index (χ0) is 34.4. The highest BCUT2D eigenvalue weighted by Gasteiger charge is 2.61. The molecule has 4 bridgehead atoms. The van der Waals surface area contributed by atoms with E-state index in [-0.39, 0.29) is 44.1 Å². The minimum atomic E-state index is -3.84. The van der Waals surface area contributed by atoms with Crippen molar-refractivity contribution in [2.45, 2.75) is 115 Å². The van der Waals surface area contributed by atoms with Crippen LogP contribution in [0, 0.1) is 17.3 Å². The van der Waals surface area contributed by atoms with E-state index in [2.05, 4.69) is 22.7 Å². The normalized spacial score (nSPS) is 29.5. The Balaban J connectivity index is 1.25. The van der Waals surface area contributed by atoms with Gasteiger partial charge in [-0.25, -0.2) is 13.2 Å². The molecule has 3 aliphatic heterocycles. The van der Waals surface area contributed by atoms with Crippen molar-refractivity contribution in [1.82, 2.24) is 19.8 Å². The maximum absolute atomic E-state index is 14.1. The first-order valence-electron chi connectivity index (χ1n) is 17.2. The lowest BCUT2D eigenvalue weighted by Crippen LogP contribution is -2.54. The second-order valence-electron chi connectivity index (χ2n) is 14.5. The highest BCUT2D eigenvalue weighted by Crippen LogP contribution is 2.57. The molecule has 1 aromatic rings. The van der Waals surface area contributed by atoms with Gasteiger partial charge in [0.15, 0.2) is 5.78 Å². The molecule has 1 aromatic carbocycles. The summed E-state index contributed by atoms with van der Waals surface area (Å²) in [6, 6.07) is 4.13. The number of benzene rings is 1. The lowest BCUT2D eigenvalue weighted by atomic mass is 9.91. The number of hydrogen-bond acceptors (Lipinski definition) is 8. The van der Waals surface area contributed by atoms with Gasteiger partial charge in [-0.2, -0.15) is 0 Å². The summed E-state index contributed by atoms with van der Waals surface area (Å²) in [5.41, 5.74) is 2.06. The Morgan fingerprint density at radius 3 is 2.52 bits per heavy atom. The van der Waals surface area contributed by atoms with Gasteiger partial charge in [-0.15, -0.1) is 6.58 Å². The Bertz CT molecular complexity index is 1620. The van der Waals surface area contributed by atoms with Crippen molar-refractivity contribution in [2.24, 2.45) is 17.3 Å². The van der Waals surface area contributed by atoms with Crippen molar-refractivity contribution in [3.05, 3.63) is 47.5 Å². The number of rotatable bonds is 8. The number of fused-ring (bicyclic) bond motifs is 3. The fraction of sp³-hybridized carbons (Fsp3) is 0.629. The van der Waals surface area contributed by atoms with E-state index in [9.17, 15) is 32.4 Å². The molecule has 4 amide bonds. The standard InChI is InChI=1S/C35H46N4O8S/c1-4-24-16-35(24,33(43)37-48(45,46)26-13-14-26)17-29(40)28-15-25-19-39(28)32(42)31(21(2)3)36-30(41)12-7-5-6-9-22-10-8-11-23-18-38(20-27(22)23)34(44)47-25/h4,8,10-11,21,24-26,28,31H,1,5-7,9,12-20H2,2-3H3,(H,36,41)(H,37,43)/t24-,25-,28+,31+,35-/m1/s1. The highest BCUT2D eigenvalue weighted by molar-refractivity contribution is 7.90. The van der Waals surface area contributed by atoms with Crippen molar-refractivity contribution in [3.63, 3.8) is 0 Å². The first kappa shape index (κ1) is 34.1. The quantitative estimate of drug-likeness (QED) is 0.396. The second-order valence-corrected chi connectivity index (χ2v) is 16.5. The van der Waals surface area contributed by atoms with E-state index < -0.39 is 68.5 Å². The molecule has 2 aliphatic carbocycles. The van der Waals surface area contributed by atoms with E-state index >= 15 is 0 Å². The van der Waals surface area contributed by atoms with E-state index in [0.29, 0.717) is 32.4 Å². The van der Waals surface area contributed by atoms with Crippen LogP contribution in [0.5, 0.6) is 0 Å². The van der Waals surface area contributed by atoms with Gasteiger partial charge in [0.05, 0.1) is 23.3 Å². The number of sulfonamides is 1. The van der Waals surface area contributed by atoms with Gasteiger partial charge in [0.25, 0.3) is 0 Å². The number of carbonyl (C=O) groups is 5. The van der Waals surface area contributed by atoms with E-state index in [1.54, 1.807) is 11.0 Å². The van der Waals surface area contributed by atoms with Crippen LogP contribution in [-0.4, -0.2) is 77.8 Å². The number of nitrogens with zero attached hydrogens (tertiary/aromatic N) is 2. The van der Waals surface area contributed by atoms with Crippen LogP contribution in [0.1, 0.15) is 88.3 Å². The molecule has 0 unspecified atom stereocenters. The molecular weight excluding hydrogens is 636 g/mol. The molecule has 6 rings (SSSR count). The van der Waals surface area contributed by atoms with Gasteiger partial charge in [-0.1, -0.05) is 44.5 Å². The molecule has 3 fully saturated rings. The predicted molar refractivity (Wildman–Crippen MR) is 175 cm³/mol. The lowest BCUT2D eigenvalue weighted by molar-refractivity contribution is -0.142. The minimum absolute atomic E-state index is 0.0257. The molecule has 0 spiro atoms. The summed E-state index contributed by atoms with van der Waals surface area (Å²) in [4.78, 5) is 71.2. The topological polar surface area (TPSA) is 159 Å². The van der Waals surface area contributed by atoms with Crippen LogP contribution in [0.15, 0.2) is 30.9 Å². The fourth-order valence-corrected chi connectivity index (χ4v) is 8.91. The number of ketones is 1. The van der Waals surface area contributed by atoms with Crippen molar-refractivity contribution in [3.8, 4) is 0 Å². The van der Waals surface area contributed by atoms with Crippen LogP contribution in [-0.2, 0) is 53.4 Å². The van der Waals surface area contributed by atoms with Crippen LogP contribution in [0.2, 0.25) is 0 Å². The highest BCUT2D eigenvalue weighted by atomic mass is 32.2. The molecule has 2 saturated carbocycles. The summed E-state index contributed by atoms with van der Waals surface area (Å²) in [5.74, 6) is -2.56. The number of aryl methyl sites for hydroxylation is 1. The number of Topliss-reactive ketones (excluding diaryl/α,β-unsaturated/α-hetero) is 1. The number of nitrogens with one attached hydrogen (secondary N) is 2. The lowest BCUT2D eigenvalue weighted by Gasteiger charge is -2.31. The van der Waals surface area contributed by atoms with Crippen molar-refractivity contribution in [2.75, 3.05) is 6.54 Å². The second kappa shape index (κ2) is 13.3. The van der Waals surface area contributed by atoms with Crippen molar-refractivity contribution < 1.29 is 37.1 Å². The monoisotopic (exact) mass is 682 g/mol. The molecule has 1 saturated heterocycles. The molecule has 5 aliphatic rings. The molecule has 2 N–H and O–H groups in total. The smallest absolute Gasteiger partial charge is 0.410 e. The largest absolute Gasteiger partial charge is 0.444 e. The van der Waals surface area contributed by atoms with E-state index in [1.165, 1.54) is 10.5 Å². The van der Waals surface area contributed by atoms with Gasteiger partial charge in [-0.05, 0) is 67.1 Å². The van der Waals surface area contributed by atoms with E-state index in [4.69, 9.17) is 4.74 Å². The number of amides is 4. The van der Waals surface area contributed by atoms with Crippen molar-refractivity contribution in [1.29, 1.82) is 0 Å². The fourth-order valence-electron chi connectivity index (χ4n) is 7.53. The van der Waals surface area contributed by atoms with Crippen LogP contribution < -0.4 is 10.0 Å². The van der Waals surface area contributed by atoms with E-state index in [0.717, 1.165) is 30.4 Å². The van der Waals surface area contributed by atoms with Gasteiger partial charge >= 0.3 is 6.09 Å². The van der Waals surface area contributed by atoms with Gasteiger partial charge < -0.3 is 15.0 Å². The first-order valence-corrected chi connectivity index (χ1v) is 18.7. The maximum atomic E-state index is 14.1. The van der Waals surface area contributed by atoms with Crippen molar-refractivity contribution >= 4 is 39.6 Å². The third-order valence-corrected chi connectivity index (χ3v) is 12.5. The predicted octanol–water partition coefficient (Wildman–Crippen LogP) is 3.13. The minimum Gasteiger partial charge on any atom is -0.444 e. The maximum Gasteiger partial charge on any atom is 0.410 e. The zero-order valence-electron chi connectivity index (χ0n) is 27.7. The Morgan fingerprint density at radius 2 is 1.83 bits per heavy atom. The molecule has 5 atom stereocenters. The van der Waals surface area contributed by atoms with Crippen LogP contribution >= 0.6 is 0 Å². The van der Waals surface area contributed by atoms with Gasteiger partial charge in [0.2, 0.25) is 27.7 Å². The summed E-state index contributed by atoms with van der Waals surface area (Å²) >= 11 is 0. The molecule has 0 radical (unpaired) electrons. The first-order chi connectivity index (χ1) is 22.8. The summed E-state index contributed by atoms with van der Waals surface area (Å²) in [6.07, 6.45) is 4.66. The Kier molecular flexibility index (Phi) is 9.45. The molecule has 12 nitrogen and oxygen atoms in total. The zero-order valence-corrected chi connectivity index (χ0v) is 28.6. The number of hydrogen-bond donors (Lipinski definition) is 2. The van der Waals surface area contributed by atoms with Gasteiger partial charge in [-0.3, -0.25) is 28.8 Å². The summed E-state index contributed by atoms with van der Waals surface area (Å²) < 4.78 is 33.4. The Hall–Kier alpha value is -3.74. The Labute approximate surface area is 282 Å². The van der Waals surface area contributed by atoms with Gasteiger partial charge in [0, 0.05) is 32.4 Å². The van der Waals surface area contributed by atoms with Crippen LogP contribution in [0.4, 0.5) is 4.79 Å². The molecular formula is C35H46N4O8S. The van der Waals surface area contributed by atoms with Crippen LogP contribution in [0.25, 0.3) is 0 Å². The summed E-state index contributed by atoms with van der Waals surface area (Å²) in [5, 5.41) is 2.28. The van der Waals surface area contributed by atoms with Gasteiger partial charge in [0.1, 0.15) is 12.1 Å². The number of allylic oxidation sites excluding steroid dienone is 1. The van der Waals surface area contributed by atoms with E-state index in [1.807, 2.05) is 26.0 Å². The summed E-state index contributed by atoms with van der Waals surface area (Å²) in [6.45, 7) is 8.17. The molecule has 260 valence electrons. The third kappa shape index (κ3) is 6.88. The number of ether oxygens (including phenoxy) is 1. The average molecular weight is 683 g/mol. The molecule has 48 heavy (non-hydrogen) atoms. The Morgan fingerprint density at radius 1 is 1.10 bits per heavy atom. The molecule has 0 aromatic heterocycles. The third-order valence-electron chi connectivity index (χ3n) is 10.7. The van der Waals surface area contributed by atoms with Crippen LogP contribution in [0.3, 0.4) is 0 Å². The average Bonchev–Trinajstić information content (AvgIpc) is 3.93. The SMILES string of the molecule is C=C[C@@H]1C[C@]1(CC(=O)[C@@H]1C[C@@H]2CN1C(=O)[C@H](C(C)C)NC(=O)CCCCCc1cccc3c1CN(C3)C(=O)O2)C(=O)NS(=O)(=O)C1CC1. The number of carbonyl (C=O) groups excluding carboxylic acids is 5. The summed E-state index contributed by atoms with van der Waals surface area (Å²) in [7, 11) is -3.84. The molecule has 13 heteroatoms. The molecule has 3 heterocycles.